The fourth-order valence-electron chi connectivity index (χ4n) is 7.56. The summed E-state index contributed by atoms with van der Waals surface area (Å²) in [5, 5.41) is 20.3. The van der Waals surface area contributed by atoms with E-state index in [4.69, 9.17) is 0 Å². The minimum absolute atomic E-state index is 0.309. The highest BCUT2D eigenvalue weighted by Gasteiger charge is 2.50. The first-order valence-corrected chi connectivity index (χ1v) is 13.1. The predicted molar refractivity (Wildman–Crippen MR) is 129 cm³/mol. The molecule has 0 bridgehead atoms. The van der Waals surface area contributed by atoms with E-state index in [0.29, 0.717) is 54.4 Å². The fraction of sp³-hybridized carbons (Fsp3) is 0.786. The summed E-state index contributed by atoms with van der Waals surface area (Å²) in [5.41, 5.74) is 3.49. The molecule has 1 heterocycles. The average molecular weight is 464 g/mol. The molecule has 4 rings (SSSR count). The van der Waals surface area contributed by atoms with Crippen LogP contribution in [0.4, 0.5) is 8.78 Å². The lowest BCUT2D eigenvalue weighted by molar-refractivity contribution is 0.0227. The number of allylic oxidation sites excluding steroid dienone is 3. The summed E-state index contributed by atoms with van der Waals surface area (Å²) in [6, 6.07) is 0. The van der Waals surface area contributed by atoms with E-state index in [9.17, 15) is 19.0 Å². The van der Waals surface area contributed by atoms with E-state index in [1.807, 2.05) is 0 Å². The minimum Gasteiger partial charge on any atom is -0.388 e. The molecule has 1 aliphatic heterocycles. The van der Waals surface area contributed by atoms with Crippen LogP contribution in [0.15, 0.2) is 35.5 Å². The first-order chi connectivity index (χ1) is 15.7. The van der Waals surface area contributed by atoms with Crippen LogP contribution in [0.2, 0.25) is 0 Å². The van der Waals surface area contributed by atoms with Gasteiger partial charge in [-0.2, -0.15) is 0 Å². The molecule has 3 saturated carbocycles. The summed E-state index contributed by atoms with van der Waals surface area (Å²) in [6.07, 6.45) is 9.53. The molecule has 4 aliphatic rings. The molecule has 3 aliphatic carbocycles. The molecule has 3 nitrogen and oxygen atoms in total. The Bertz CT molecular complexity index is 754. The number of halogens is 2. The summed E-state index contributed by atoms with van der Waals surface area (Å²) < 4.78 is 26.0. The van der Waals surface area contributed by atoms with Crippen molar-refractivity contribution in [1.29, 1.82) is 0 Å². The van der Waals surface area contributed by atoms with Crippen molar-refractivity contribution >= 4 is 0 Å². The number of fused-ring (bicyclic) bond motifs is 1. The Morgan fingerprint density at radius 2 is 1.76 bits per heavy atom. The van der Waals surface area contributed by atoms with Crippen LogP contribution in [-0.4, -0.2) is 53.4 Å². The lowest BCUT2D eigenvalue weighted by Crippen LogP contribution is -2.42. The van der Waals surface area contributed by atoms with Gasteiger partial charge < -0.3 is 15.1 Å². The van der Waals surface area contributed by atoms with Crippen LogP contribution < -0.4 is 0 Å². The second kappa shape index (κ2) is 10.3. The van der Waals surface area contributed by atoms with Crippen molar-refractivity contribution in [3.8, 4) is 0 Å². The summed E-state index contributed by atoms with van der Waals surface area (Å²) in [4.78, 5) is 2.43. The molecule has 0 aromatic carbocycles. The average Bonchev–Trinajstić information content (AvgIpc) is 3.14. The number of nitrogens with zero attached hydrogens (tertiary/aromatic N) is 1. The number of aliphatic hydroxyl groups is 2. The van der Waals surface area contributed by atoms with Crippen molar-refractivity contribution in [3.05, 3.63) is 35.5 Å². The number of hydrogen-bond donors (Lipinski definition) is 2. The van der Waals surface area contributed by atoms with Crippen molar-refractivity contribution < 1.29 is 19.0 Å². The van der Waals surface area contributed by atoms with E-state index in [2.05, 4.69) is 37.5 Å². The zero-order valence-electron chi connectivity index (χ0n) is 20.5. The van der Waals surface area contributed by atoms with Gasteiger partial charge >= 0.3 is 0 Å². The van der Waals surface area contributed by atoms with Gasteiger partial charge in [-0.15, -0.1) is 0 Å². The summed E-state index contributed by atoms with van der Waals surface area (Å²) >= 11 is 0. The molecule has 186 valence electrons. The van der Waals surface area contributed by atoms with Crippen molar-refractivity contribution in [3.63, 3.8) is 0 Å². The van der Waals surface area contributed by atoms with Gasteiger partial charge in [0.15, 0.2) is 0 Å². The Hall–Kier alpha value is -1.04. The summed E-state index contributed by atoms with van der Waals surface area (Å²) in [5.74, 6) is 1.45. The number of alkyl halides is 2. The molecule has 0 amide bonds. The topological polar surface area (TPSA) is 43.7 Å². The van der Waals surface area contributed by atoms with Crippen LogP contribution >= 0.6 is 0 Å². The molecule has 0 unspecified atom stereocenters. The molecule has 6 atom stereocenters. The molecule has 5 heteroatoms. The van der Waals surface area contributed by atoms with Gasteiger partial charge in [-0.05, 0) is 99.6 Å². The normalized spacial score (nSPS) is 38.7. The van der Waals surface area contributed by atoms with Gasteiger partial charge in [0.25, 0.3) is 0 Å². The van der Waals surface area contributed by atoms with Crippen molar-refractivity contribution in [2.75, 3.05) is 19.6 Å². The SMILES string of the molecule is C=C1[C@H](O)CC(=C/C=C2\CCC[C@]3(C)[C@@H]([C@@H](C)CN4CCC(C(F)F)CC4)CC[C@@H]23)C[C@H]1O. The van der Waals surface area contributed by atoms with Crippen LogP contribution in [0.3, 0.4) is 0 Å². The molecule has 2 N–H and O–H groups in total. The second-order valence-electron chi connectivity index (χ2n) is 11.6. The Balaban J connectivity index is 1.40. The summed E-state index contributed by atoms with van der Waals surface area (Å²) in [6.45, 7) is 11.4. The Labute approximate surface area is 198 Å². The van der Waals surface area contributed by atoms with E-state index < -0.39 is 24.6 Å². The van der Waals surface area contributed by atoms with Crippen molar-refractivity contribution in [1.82, 2.24) is 4.90 Å². The van der Waals surface area contributed by atoms with Gasteiger partial charge in [0.2, 0.25) is 6.43 Å². The number of hydrogen-bond acceptors (Lipinski definition) is 3. The number of rotatable bonds is 5. The fourth-order valence-corrected chi connectivity index (χ4v) is 7.56. The van der Waals surface area contributed by atoms with Crippen LogP contribution in [0.1, 0.15) is 71.6 Å². The number of aliphatic hydroxyl groups excluding tert-OH is 2. The molecular formula is C28H43F2NO2. The third kappa shape index (κ3) is 5.31. The van der Waals surface area contributed by atoms with Crippen molar-refractivity contribution in [2.45, 2.75) is 90.3 Å². The van der Waals surface area contributed by atoms with Crippen LogP contribution in [0.25, 0.3) is 0 Å². The Morgan fingerprint density at radius 3 is 2.39 bits per heavy atom. The smallest absolute Gasteiger partial charge is 0.241 e. The molecule has 0 aromatic rings. The van der Waals surface area contributed by atoms with Gasteiger partial charge in [0.1, 0.15) is 0 Å². The van der Waals surface area contributed by atoms with E-state index in [-0.39, 0.29) is 0 Å². The van der Waals surface area contributed by atoms with E-state index in [0.717, 1.165) is 31.6 Å². The third-order valence-corrected chi connectivity index (χ3v) is 9.56. The Kier molecular flexibility index (Phi) is 7.82. The number of piperidine rings is 1. The molecule has 0 radical (unpaired) electrons. The first kappa shape index (κ1) is 25.1. The lowest BCUT2D eigenvalue weighted by Gasteiger charge is -2.45. The third-order valence-electron chi connectivity index (χ3n) is 9.56. The molecule has 4 fully saturated rings. The molecule has 0 aromatic heterocycles. The molecule has 1 saturated heterocycles. The zero-order valence-corrected chi connectivity index (χ0v) is 20.5. The second-order valence-corrected chi connectivity index (χ2v) is 11.6. The molecule has 33 heavy (non-hydrogen) atoms. The Morgan fingerprint density at radius 1 is 1.09 bits per heavy atom. The minimum atomic E-state index is -2.17. The van der Waals surface area contributed by atoms with Crippen LogP contribution in [0, 0.1) is 29.1 Å². The van der Waals surface area contributed by atoms with Gasteiger partial charge in [0.05, 0.1) is 12.2 Å². The van der Waals surface area contributed by atoms with Gasteiger partial charge in [-0.25, -0.2) is 8.78 Å². The zero-order chi connectivity index (χ0) is 23.8. The predicted octanol–water partition coefficient (Wildman–Crippen LogP) is 5.74. The maximum atomic E-state index is 13.0. The monoisotopic (exact) mass is 463 g/mol. The summed E-state index contributed by atoms with van der Waals surface area (Å²) in [7, 11) is 0. The maximum Gasteiger partial charge on any atom is 0.241 e. The quantitative estimate of drug-likeness (QED) is 0.511. The van der Waals surface area contributed by atoms with Gasteiger partial charge in [0, 0.05) is 12.5 Å². The maximum absolute atomic E-state index is 13.0. The van der Waals surface area contributed by atoms with Gasteiger partial charge in [-0.3, -0.25) is 0 Å². The van der Waals surface area contributed by atoms with E-state index in [1.165, 1.54) is 31.3 Å². The lowest BCUT2D eigenvalue weighted by atomic mass is 9.61. The largest absolute Gasteiger partial charge is 0.388 e. The van der Waals surface area contributed by atoms with Crippen molar-refractivity contribution in [2.24, 2.45) is 29.1 Å². The van der Waals surface area contributed by atoms with Crippen LogP contribution in [-0.2, 0) is 0 Å². The highest BCUT2D eigenvalue weighted by Crippen LogP contribution is 2.59. The van der Waals surface area contributed by atoms with E-state index >= 15 is 0 Å². The highest BCUT2D eigenvalue weighted by atomic mass is 19.3. The molecular weight excluding hydrogens is 420 g/mol. The standard InChI is InChI=1S/C28H43F2NO2/c1-18(17-31-13-10-22(11-14-31)27(29)30)23-8-9-24-21(5-4-12-28(23,24)3)7-6-20-15-25(32)19(2)26(33)16-20/h6-7,18,22-27,32-33H,2,4-5,8-17H2,1,3H3/b21-7+/t18-,23+,24-,25+,26+,28+/m0/s1. The number of likely N-dealkylation sites (tertiary alicyclic amines) is 1. The van der Waals surface area contributed by atoms with Gasteiger partial charge in [-0.1, -0.05) is 43.7 Å². The molecule has 0 spiro atoms. The highest BCUT2D eigenvalue weighted by molar-refractivity contribution is 5.29. The first-order valence-electron chi connectivity index (χ1n) is 13.1. The van der Waals surface area contributed by atoms with Crippen LogP contribution in [0.5, 0.6) is 0 Å². The van der Waals surface area contributed by atoms with E-state index in [1.54, 1.807) is 0 Å².